The molecule has 3 rings (SSSR count). The Morgan fingerprint density at radius 2 is 2.08 bits per heavy atom. The second-order valence-corrected chi connectivity index (χ2v) is 6.76. The van der Waals surface area contributed by atoms with Gasteiger partial charge < -0.3 is 10.2 Å². The molecule has 1 aromatic heterocycles. The van der Waals surface area contributed by atoms with E-state index in [1.807, 2.05) is 34.9 Å². The maximum Gasteiger partial charge on any atom is 0.225 e. The van der Waals surface area contributed by atoms with Crippen LogP contribution in [0.5, 0.6) is 0 Å². The molecule has 1 atom stereocenters. The highest BCUT2D eigenvalue weighted by Gasteiger charge is 2.34. The molecule has 25 heavy (non-hydrogen) atoms. The number of hydrogen-bond donors (Lipinski definition) is 1. The summed E-state index contributed by atoms with van der Waals surface area (Å²) in [5, 5.41) is 10.9. The normalized spacial score (nSPS) is 17.3. The van der Waals surface area contributed by atoms with Crippen LogP contribution in [-0.4, -0.2) is 44.6 Å². The van der Waals surface area contributed by atoms with Gasteiger partial charge in [-0.25, -0.2) is 0 Å². The highest BCUT2D eigenvalue weighted by molar-refractivity contribution is 5.89. The van der Waals surface area contributed by atoms with Crippen molar-refractivity contribution in [2.45, 2.75) is 26.8 Å². The van der Waals surface area contributed by atoms with E-state index in [9.17, 15) is 9.59 Å². The molecule has 1 aliphatic heterocycles. The summed E-state index contributed by atoms with van der Waals surface area (Å²) in [6.45, 7) is 5.61. The number of hydrogen-bond acceptors (Lipinski definition) is 4. The fourth-order valence-electron chi connectivity index (χ4n) is 3.06. The van der Waals surface area contributed by atoms with Crippen molar-refractivity contribution in [1.82, 2.24) is 25.0 Å². The van der Waals surface area contributed by atoms with Crippen molar-refractivity contribution in [2.75, 3.05) is 13.1 Å². The first kappa shape index (κ1) is 17.1. The van der Waals surface area contributed by atoms with Gasteiger partial charge >= 0.3 is 0 Å². The van der Waals surface area contributed by atoms with Gasteiger partial charge in [-0.05, 0) is 18.1 Å². The quantitative estimate of drug-likeness (QED) is 0.861. The van der Waals surface area contributed by atoms with Gasteiger partial charge in [-0.3, -0.25) is 14.2 Å². The molecule has 1 aromatic carbocycles. The average Bonchev–Trinajstić information content (AvgIpc) is 3.20. The van der Waals surface area contributed by atoms with Gasteiger partial charge in [0.05, 0.1) is 12.5 Å². The summed E-state index contributed by atoms with van der Waals surface area (Å²) < 4.78 is 1.84. The third kappa shape index (κ3) is 4.04. The van der Waals surface area contributed by atoms with Crippen molar-refractivity contribution < 1.29 is 9.59 Å². The number of carbonyl (C=O) groups excluding carboxylic acids is 2. The van der Waals surface area contributed by atoms with Gasteiger partial charge in [0, 0.05) is 25.2 Å². The van der Waals surface area contributed by atoms with Crippen molar-refractivity contribution in [3.05, 3.63) is 42.5 Å². The number of nitrogens with zero attached hydrogens (tertiary/aromatic N) is 4. The van der Waals surface area contributed by atoms with Crippen LogP contribution in [0.4, 0.5) is 0 Å². The fourth-order valence-corrected chi connectivity index (χ4v) is 3.06. The SMILES string of the molecule is CC(C)CN1C[C@H](C(=O)NCc2nncn2-c2ccccc2)CC1=O. The van der Waals surface area contributed by atoms with Gasteiger partial charge in [0.1, 0.15) is 6.33 Å². The van der Waals surface area contributed by atoms with E-state index < -0.39 is 0 Å². The van der Waals surface area contributed by atoms with Gasteiger partial charge in [0.15, 0.2) is 5.82 Å². The lowest BCUT2D eigenvalue weighted by atomic mass is 10.1. The molecule has 0 bridgehead atoms. The highest BCUT2D eigenvalue weighted by atomic mass is 16.2. The van der Waals surface area contributed by atoms with Gasteiger partial charge in [-0.15, -0.1) is 10.2 Å². The topological polar surface area (TPSA) is 80.1 Å². The number of rotatable bonds is 6. The van der Waals surface area contributed by atoms with Crippen LogP contribution in [0, 0.1) is 11.8 Å². The summed E-state index contributed by atoms with van der Waals surface area (Å²) in [6.07, 6.45) is 1.91. The summed E-state index contributed by atoms with van der Waals surface area (Å²) in [5.74, 6) is 0.709. The Bertz CT molecular complexity index is 741. The van der Waals surface area contributed by atoms with E-state index in [1.165, 1.54) is 0 Å². The Morgan fingerprint density at radius 1 is 1.32 bits per heavy atom. The number of benzene rings is 1. The molecule has 0 radical (unpaired) electrons. The number of carbonyl (C=O) groups is 2. The minimum Gasteiger partial charge on any atom is -0.348 e. The lowest BCUT2D eigenvalue weighted by molar-refractivity contribution is -0.129. The monoisotopic (exact) mass is 341 g/mol. The van der Waals surface area contributed by atoms with Crippen LogP contribution >= 0.6 is 0 Å². The molecule has 1 saturated heterocycles. The van der Waals surface area contributed by atoms with Gasteiger partial charge in [-0.2, -0.15) is 0 Å². The summed E-state index contributed by atoms with van der Waals surface area (Å²) in [7, 11) is 0. The second kappa shape index (κ2) is 7.46. The molecule has 0 spiro atoms. The average molecular weight is 341 g/mol. The molecule has 2 amide bonds. The Kier molecular flexibility index (Phi) is 5.11. The van der Waals surface area contributed by atoms with E-state index in [1.54, 1.807) is 11.2 Å². The molecule has 7 heteroatoms. The number of para-hydroxylation sites is 1. The lowest BCUT2D eigenvalue weighted by Crippen LogP contribution is -2.34. The molecule has 0 aliphatic carbocycles. The predicted octanol–water partition coefficient (Wildman–Crippen LogP) is 1.39. The number of amides is 2. The zero-order chi connectivity index (χ0) is 17.8. The highest BCUT2D eigenvalue weighted by Crippen LogP contribution is 2.19. The molecule has 2 heterocycles. The zero-order valence-corrected chi connectivity index (χ0v) is 14.6. The molecule has 0 unspecified atom stereocenters. The zero-order valence-electron chi connectivity index (χ0n) is 14.6. The Morgan fingerprint density at radius 3 is 2.80 bits per heavy atom. The van der Waals surface area contributed by atoms with Crippen molar-refractivity contribution in [3.8, 4) is 5.69 Å². The van der Waals surface area contributed by atoms with Crippen molar-refractivity contribution in [1.29, 1.82) is 0 Å². The van der Waals surface area contributed by atoms with E-state index in [0.717, 1.165) is 5.69 Å². The maximum absolute atomic E-state index is 12.4. The van der Waals surface area contributed by atoms with E-state index in [2.05, 4.69) is 29.4 Å². The van der Waals surface area contributed by atoms with Gasteiger partial charge in [0.25, 0.3) is 0 Å². The van der Waals surface area contributed by atoms with Crippen LogP contribution in [0.3, 0.4) is 0 Å². The smallest absolute Gasteiger partial charge is 0.225 e. The third-order valence-corrected chi connectivity index (χ3v) is 4.24. The minimum atomic E-state index is -0.292. The molecule has 0 saturated carbocycles. The molecule has 132 valence electrons. The third-order valence-electron chi connectivity index (χ3n) is 4.24. The van der Waals surface area contributed by atoms with Crippen LogP contribution < -0.4 is 5.32 Å². The summed E-state index contributed by atoms with van der Waals surface area (Å²) in [5.41, 5.74) is 0.941. The lowest BCUT2D eigenvalue weighted by Gasteiger charge is -2.18. The van der Waals surface area contributed by atoms with E-state index in [-0.39, 0.29) is 30.7 Å². The minimum absolute atomic E-state index is 0.0568. The summed E-state index contributed by atoms with van der Waals surface area (Å²) in [4.78, 5) is 26.2. The summed E-state index contributed by atoms with van der Waals surface area (Å²) >= 11 is 0. The van der Waals surface area contributed by atoms with Crippen molar-refractivity contribution in [3.63, 3.8) is 0 Å². The second-order valence-electron chi connectivity index (χ2n) is 6.76. The van der Waals surface area contributed by atoms with Crippen LogP contribution in [0.25, 0.3) is 5.69 Å². The van der Waals surface area contributed by atoms with E-state index in [0.29, 0.717) is 24.8 Å². The molecule has 1 N–H and O–H groups in total. The number of likely N-dealkylation sites (tertiary alicyclic amines) is 1. The first-order chi connectivity index (χ1) is 12.0. The van der Waals surface area contributed by atoms with Crippen LogP contribution in [0.15, 0.2) is 36.7 Å². The fraction of sp³-hybridized carbons (Fsp3) is 0.444. The van der Waals surface area contributed by atoms with Gasteiger partial charge in [-0.1, -0.05) is 32.0 Å². The number of nitrogens with one attached hydrogen (secondary N) is 1. The first-order valence-electron chi connectivity index (χ1n) is 8.54. The molecule has 1 fully saturated rings. The van der Waals surface area contributed by atoms with Crippen molar-refractivity contribution in [2.24, 2.45) is 11.8 Å². The van der Waals surface area contributed by atoms with E-state index >= 15 is 0 Å². The van der Waals surface area contributed by atoms with E-state index in [4.69, 9.17) is 0 Å². The molecule has 2 aromatic rings. The molecular weight excluding hydrogens is 318 g/mol. The summed E-state index contributed by atoms with van der Waals surface area (Å²) in [6, 6.07) is 9.72. The maximum atomic E-state index is 12.4. The number of aromatic nitrogens is 3. The van der Waals surface area contributed by atoms with Crippen LogP contribution in [0.1, 0.15) is 26.1 Å². The largest absolute Gasteiger partial charge is 0.348 e. The standard InChI is InChI=1S/C18H23N5O2/c1-13(2)10-22-11-14(8-17(22)24)18(25)19-9-16-21-20-12-23(16)15-6-4-3-5-7-15/h3-7,12-14H,8-11H2,1-2H3,(H,19,25)/t14-/m1/s1. The van der Waals surface area contributed by atoms with Crippen LogP contribution in [0.2, 0.25) is 0 Å². The van der Waals surface area contributed by atoms with Crippen LogP contribution in [-0.2, 0) is 16.1 Å². The molecular formula is C18H23N5O2. The first-order valence-corrected chi connectivity index (χ1v) is 8.54. The Labute approximate surface area is 147 Å². The Hall–Kier alpha value is -2.70. The predicted molar refractivity (Wildman–Crippen MR) is 92.7 cm³/mol. The van der Waals surface area contributed by atoms with Gasteiger partial charge in [0.2, 0.25) is 11.8 Å². The molecule has 1 aliphatic rings. The Balaban J connectivity index is 1.59. The molecule has 7 nitrogen and oxygen atoms in total. The van der Waals surface area contributed by atoms with Crippen molar-refractivity contribution >= 4 is 11.8 Å².